The first-order chi connectivity index (χ1) is 9.81. The predicted octanol–water partition coefficient (Wildman–Crippen LogP) is 1.18. The Kier molecular flexibility index (Phi) is 6.25. The van der Waals surface area contributed by atoms with Crippen molar-refractivity contribution in [1.29, 1.82) is 0 Å². The van der Waals surface area contributed by atoms with Crippen molar-refractivity contribution in [3.05, 3.63) is 33.9 Å². The van der Waals surface area contributed by atoms with Crippen molar-refractivity contribution >= 4 is 28.6 Å². The van der Waals surface area contributed by atoms with E-state index in [1.54, 1.807) is 18.0 Å². The number of amides is 1. The molecule has 0 aromatic heterocycles. The van der Waals surface area contributed by atoms with Crippen LogP contribution in [0.25, 0.3) is 0 Å². The molecule has 1 unspecified atom stereocenters. The third kappa shape index (κ3) is 5.48. The number of nitro groups is 1. The number of hydrogen-bond donors (Lipinski definition) is 2. The lowest BCUT2D eigenvalue weighted by Gasteiger charge is -2.22. The van der Waals surface area contributed by atoms with Crippen molar-refractivity contribution in [2.75, 3.05) is 31.3 Å². The summed E-state index contributed by atoms with van der Waals surface area (Å²) < 4.78 is 11.4. The second kappa shape index (κ2) is 7.70. The monoisotopic (exact) mass is 315 g/mol. The van der Waals surface area contributed by atoms with Gasteiger partial charge in [0.2, 0.25) is 0 Å². The molecule has 9 heteroatoms. The molecule has 0 saturated heterocycles. The third-order valence-corrected chi connectivity index (χ3v) is 3.48. The Hall–Kier alpha value is -2.00. The molecule has 1 aromatic rings. The minimum Gasteiger partial charge on any atom is -0.616 e. The zero-order chi connectivity index (χ0) is 16.0. The SMILES string of the molecule is CN(CCNC(=O)O)c1ccc([N+](=O)[O-])cc1C[S+](C)[O-]. The molecule has 1 aromatic carbocycles. The van der Waals surface area contributed by atoms with Crippen LogP contribution < -0.4 is 10.2 Å². The van der Waals surface area contributed by atoms with Crippen LogP contribution in [0, 0.1) is 10.1 Å². The van der Waals surface area contributed by atoms with Gasteiger partial charge >= 0.3 is 6.09 Å². The quantitative estimate of drug-likeness (QED) is 0.443. The van der Waals surface area contributed by atoms with Gasteiger partial charge in [-0.25, -0.2) is 4.79 Å². The molecular formula is C12H17N3O5S. The first-order valence-electron chi connectivity index (χ1n) is 6.06. The van der Waals surface area contributed by atoms with E-state index in [0.717, 1.165) is 0 Å². The van der Waals surface area contributed by atoms with Crippen LogP contribution in [-0.4, -0.2) is 47.1 Å². The molecule has 0 spiro atoms. The maximum absolute atomic E-state index is 11.4. The van der Waals surface area contributed by atoms with Crippen LogP contribution in [0.1, 0.15) is 5.56 Å². The molecule has 21 heavy (non-hydrogen) atoms. The second-order valence-corrected chi connectivity index (χ2v) is 5.88. The zero-order valence-corrected chi connectivity index (χ0v) is 12.6. The van der Waals surface area contributed by atoms with Crippen LogP contribution in [0.5, 0.6) is 0 Å². The van der Waals surface area contributed by atoms with Gasteiger partial charge in [-0.1, -0.05) is 11.2 Å². The molecular weight excluding hydrogens is 298 g/mol. The molecule has 0 radical (unpaired) electrons. The third-order valence-electron chi connectivity index (χ3n) is 2.77. The Labute approximate surface area is 125 Å². The summed E-state index contributed by atoms with van der Waals surface area (Å²) in [4.78, 5) is 22.5. The maximum atomic E-state index is 11.4. The highest BCUT2D eigenvalue weighted by atomic mass is 32.2. The van der Waals surface area contributed by atoms with Crippen molar-refractivity contribution in [2.24, 2.45) is 0 Å². The van der Waals surface area contributed by atoms with E-state index in [2.05, 4.69) is 5.32 Å². The van der Waals surface area contributed by atoms with Crippen LogP contribution in [0.4, 0.5) is 16.2 Å². The van der Waals surface area contributed by atoms with Crippen molar-refractivity contribution in [3.63, 3.8) is 0 Å². The van der Waals surface area contributed by atoms with E-state index in [-0.39, 0.29) is 18.0 Å². The molecule has 0 bridgehead atoms. The van der Waals surface area contributed by atoms with Crippen molar-refractivity contribution < 1.29 is 19.4 Å². The molecule has 1 atom stereocenters. The summed E-state index contributed by atoms with van der Waals surface area (Å²) in [5.74, 6) is 0.202. The number of rotatable bonds is 7. The molecule has 0 aliphatic heterocycles. The van der Waals surface area contributed by atoms with Gasteiger partial charge in [0.1, 0.15) is 5.75 Å². The minimum atomic E-state index is -1.14. The first kappa shape index (κ1) is 17.1. The molecule has 0 aliphatic carbocycles. The number of nitrogens with zero attached hydrogens (tertiary/aromatic N) is 2. The van der Waals surface area contributed by atoms with E-state index in [4.69, 9.17) is 5.11 Å². The molecule has 8 nitrogen and oxygen atoms in total. The fourth-order valence-corrected chi connectivity index (χ4v) is 2.51. The Morgan fingerprint density at radius 1 is 1.52 bits per heavy atom. The van der Waals surface area contributed by atoms with Gasteiger partial charge < -0.3 is 19.9 Å². The molecule has 2 N–H and O–H groups in total. The van der Waals surface area contributed by atoms with Crippen molar-refractivity contribution in [2.45, 2.75) is 5.75 Å². The molecule has 0 heterocycles. The smallest absolute Gasteiger partial charge is 0.404 e. The predicted molar refractivity (Wildman–Crippen MR) is 80.2 cm³/mol. The minimum absolute atomic E-state index is 0.0590. The fourth-order valence-electron chi connectivity index (χ4n) is 1.84. The lowest BCUT2D eigenvalue weighted by Crippen LogP contribution is -2.32. The van der Waals surface area contributed by atoms with E-state index in [0.29, 0.717) is 17.8 Å². The van der Waals surface area contributed by atoms with Gasteiger partial charge in [-0.3, -0.25) is 10.1 Å². The number of anilines is 1. The van der Waals surface area contributed by atoms with Gasteiger partial charge in [-0.15, -0.1) is 0 Å². The lowest BCUT2D eigenvalue weighted by molar-refractivity contribution is -0.384. The average molecular weight is 315 g/mol. The van der Waals surface area contributed by atoms with Crippen molar-refractivity contribution in [3.8, 4) is 0 Å². The number of nitrogens with one attached hydrogen (secondary N) is 1. The first-order valence-corrected chi connectivity index (χ1v) is 7.79. The number of carbonyl (C=O) groups is 1. The molecule has 0 aliphatic rings. The molecule has 0 saturated carbocycles. The Morgan fingerprint density at radius 3 is 2.71 bits per heavy atom. The zero-order valence-electron chi connectivity index (χ0n) is 11.7. The number of nitro benzene ring substituents is 1. The van der Waals surface area contributed by atoms with E-state index in [1.165, 1.54) is 18.4 Å². The largest absolute Gasteiger partial charge is 0.616 e. The number of carboxylic acid groups (broad SMARTS) is 1. The van der Waals surface area contributed by atoms with Crippen molar-refractivity contribution in [1.82, 2.24) is 5.32 Å². The normalized spacial score (nSPS) is 11.8. The van der Waals surface area contributed by atoms with Crippen LogP contribution in [0.3, 0.4) is 0 Å². The van der Waals surface area contributed by atoms with Crippen LogP contribution in [0.15, 0.2) is 18.2 Å². The van der Waals surface area contributed by atoms with Crippen LogP contribution >= 0.6 is 0 Å². The standard InChI is InChI=1S/C12H17N3O5S/c1-14(6-5-13-12(16)17)11-4-3-10(15(18)19)7-9(11)8-21(2)20/h3-4,7,13H,5-6,8H2,1-2H3,(H,16,17). The van der Waals surface area contributed by atoms with Gasteiger partial charge in [-0.05, 0) is 6.07 Å². The Bertz CT molecular complexity index is 524. The Morgan fingerprint density at radius 2 is 2.19 bits per heavy atom. The highest BCUT2D eigenvalue weighted by Gasteiger charge is 2.16. The van der Waals surface area contributed by atoms with Gasteiger partial charge in [-0.2, -0.15) is 0 Å². The fraction of sp³-hybridized carbons (Fsp3) is 0.417. The Balaban J connectivity index is 2.92. The number of hydrogen-bond acceptors (Lipinski definition) is 5. The highest BCUT2D eigenvalue weighted by Crippen LogP contribution is 2.26. The van der Waals surface area contributed by atoms with E-state index in [1.807, 2.05) is 0 Å². The molecule has 0 fully saturated rings. The van der Waals surface area contributed by atoms with Gasteiger partial charge in [0.25, 0.3) is 5.69 Å². The number of likely N-dealkylation sites (N-methyl/N-ethyl adjacent to an activating group) is 1. The van der Waals surface area contributed by atoms with Gasteiger partial charge in [0.05, 0.1) is 11.2 Å². The maximum Gasteiger partial charge on any atom is 0.404 e. The second-order valence-electron chi connectivity index (χ2n) is 4.44. The highest BCUT2D eigenvalue weighted by molar-refractivity contribution is 7.89. The number of non-ortho nitro benzene ring substituents is 1. The summed E-state index contributed by atoms with van der Waals surface area (Å²) in [6.07, 6.45) is 0.413. The van der Waals surface area contributed by atoms with Gasteiger partial charge in [0, 0.05) is 43.5 Å². The lowest BCUT2D eigenvalue weighted by atomic mass is 10.1. The summed E-state index contributed by atoms with van der Waals surface area (Å²) >= 11 is -1.14. The molecule has 116 valence electrons. The molecule has 1 amide bonds. The summed E-state index contributed by atoms with van der Waals surface area (Å²) in [7, 11) is 1.74. The van der Waals surface area contributed by atoms with E-state index >= 15 is 0 Å². The molecule has 1 rings (SSSR count). The number of benzene rings is 1. The topological polar surface area (TPSA) is 119 Å². The van der Waals surface area contributed by atoms with E-state index in [9.17, 15) is 19.5 Å². The summed E-state index contributed by atoms with van der Waals surface area (Å²) in [5, 5.41) is 21.6. The summed E-state index contributed by atoms with van der Waals surface area (Å²) in [6, 6.07) is 4.36. The summed E-state index contributed by atoms with van der Waals surface area (Å²) in [5.41, 5.74) is 1.24. The summed E-state index contributed by atoms with van der Waals surface area (Å²) in [6.45, 7) is 0.616. The van der Waals surface area contributed by atoms with Gasteiger partial charge in [0.15, 0.2) is 0 Å². The van der Waals surface area contributed by atoms with E-state index < -0.39 is 22.2 Å². The van der Waals surface area contributed by atoms with Crippen LogP contribution in [-0.2, 0) is 16.9 Å². The van der Waals surface area contributed by atoms with Crippen LogP contribution in [0.2, 0.25) is 0 Å². The average Bonchev–Trinajstić information content (AvgIpc) is 2.37.